The molecule has 0 heterocycles. The molecule has 0 atom stereocenters. The molecule has 0 fully saturated rings. The highest BCUT2D eigenvalue weighted by Crippen LogP contribution is 2.54. The molecule has 3 aromatic rings. The van der Waals surface area contributed by atoms with Crippen LogP contribution in [-0.2, 0) is 4.79 Å². The Balaban J connectivity index is 1.76. The largest absolute Gasteiger partial charge is 0.375 e. The van der Waals surface area contributed by atoms with Crippen LogP contribution >= 0.6 is 31.7 Å². The first-order valence-corrected chi connectivity index (χ1v) is 14.7. The fraction of sp³-hybridized carbons (Fsp3) is 0.148. The van der Waals surface area contributed by atoms with Crippen LogP contribution in [0.3, 0.4) is 0 Å². The molecular weight excluding hydrogens is 533 g/mol. The van der Waals surface area contributed by atoms with Gasteiger partial charge >= 0.3 is 0 Å². The van der Waals surface area contributed by atoms with Crippen LogP contribution in [0.4, 0.5) is 0 Å². The first-order chi connectivity index (χ1) is 18.4. The van der Waals surface area contributed by atoms with Crippen molar-refractivity contribution in [2.75, 3.05) is 12.7 Å². The minimum absolute atomic E-state index is 0.00528. The highest BCUT2D eigenvalue weighted by molar-refractivity contribution is 7.95. The number of hydrogen-bond acceptors (Lipinski definition) is 5. The number of hydrazone groups is 2. The van der Waals surface area contributed by atoms with Gasteiger partial charge in [0.1, 0.15) is 23.2 Å². The molecule has 3 rings (SSSR count). The van der Waals surface area contributed by atoms with E-state index in [-0.39, 0.29) is 22.6 Å². The minimum atomic E-state index is -2.02. The van der Waals surface area contributed by atoms with E-state index in [1.165, 1.54) is 22.1 Å². The van der Waals surface area contributed by atoms with Crippen molar-refractivity contribution in [2.45, 2.75) is 12.8 Å². The summed E-state index contributed by atoms with van der Waals surface area (Å²) in [5, 5.41) is 14.9. The molecule has 0 saturated heterocycles. The average Bonchev–Trinajstić information content (AvgIpc) is 2.93. The van der Waals surface area contributed by atoms with Crippen LogP contribution in [-0.4, -0.2) is 40.8 Å². The summed E-state index contributed by atoms with van der Waals surface area (Å²) in [5.74, 6) is -0.101. The third-order valence-corrected chi connectivity index (χ3v) is 10.3. The molecule has 0 aliphatic carbocycles. The van der Waals surface area contributed by atoms with Crippen molar-refractivity contribution in [3.05, 3.63) is 91.0 Å². The zero-order chi connectivity index (χ0) is 27.2. The summed E-state index contributed by atoms with van der Waals surface area (Å²) in [6.07, 6.45) is 2.69. The van der Waals surface area contributed by atoms with Gasteiger partial charge in [0.05, 0.1) is 24.6 Å². The van der Waals surface area contributed by atoms with Gasteiger partial charge < -0.3 is 16.8 Å². The Labute approximate surface area is 234 Å². The average molecular weight is 565 g/mol. The van der Waals surface area contributed by atoms with Gasteiger partial charge in [0.2, 0.25) is 5.91 Å². The highest BCUT2D eigenvalue weighted by Gasteiger charge is 2.44. The minimum Gasteiger partial charge on any atom is -0.375 e. The van der Waals surface area contributed by atoms with E-state index in [0.717, 1.165) is 6.16 Å². The summed E-state index contributed by atoms with van der Waals surface area (Å²) in [4.78, 5) is 12.8. The second-order valence-electron chi connectivity index (χ2n) is 8.20. The van der Waals surface area contributed by atoms with E-state index >= 15 is 0 Å². The van der Waals surface area contributed by atoms with Crippen molar-refractivity contribution in [1.29, 1.82) is 0 Å². The van der Waals surface area contributed by atoms with Crippen LogP contribution in [0, 0.1) is 0 Å². The van der Waals surface area contributed by atoms with E-state index in [2.05, 4.69) is 99.2 Å². The van der Waals surface area contributed by atoms with E-state index in [9.17, 15) is 4.79 Å². The summed E-state index contributed by atoms with van der Waals surface area (Å²) in [6.45, 7) is 0.514. The lowest BCUT2D eigenvalue weighted by Crippen LogP contribution is -2.38. The number of carbonyl (C=O) groups is 1. The first-order valence-electron chi connectivity index (χ1n) is 11.9. The highest BCUT2D eigenvalue weighted by atomic mass is 32.1. The number of nitrogens with two attached hydrogens (primary N) is 2. The monoisotopic (exact) mass is 564 g/mol. The summed E-state index contributed by atoms with van der Waals surface area (Å²) in [5.41, 5.74) is 16.3. The fourth-order valence-electron chi connectivity index (χ4n) is 4.02. The molecule has 0 spiro atoms. The van der Waals surface area contributed by atoms with Crippen LogP contribution in [0.1, 0.15) is 12.8 Å². The summed E-state index contributed by atoms with van der Waals surface area (Å²) in [7, 11) is -2.02. The summed E-state index contributed by atoms with van der Waals surface area (Å²) in [6, 6.07) is 31.7. The second kappa shape index (κ2) is 14.9. The van der Waals surface area contributed by atoms with E-state index < -0.39 is 7.26 Å². The predicted octanol–water partition coefficient (Wildman–Crippen LogP) is 1.89. The molecular formula is C27H31N7OPS2+. The van der Waals surface area contributed by atoms with Crippen molar-refractivity contribution >= 4 is 75.7 Å². The Hall–Kier alpha value is -3.72. The number of amides is 1. The number of hydrogen-bond donors (Lipinski definition) is 5. The normalized spacial score (nSPS) is 11.6. The van der Waals surface area contributed by atoms with Gasteiger partial charge in [0.25, 0.3) is 0 Å². The Morgan fingerprint density at radius 3 is 1.68 bits per heavy atom. The molecule has 8 nitrogen and oxygen atoms in total. The molecule has 0 aliphatic rings. The molecule has 0 aromatic heterocycles. The van der Waals surface area contributed by atoms with Gasteiger partial charge in [-0.25, -0.2) is 0 Å². The fourth-order valence-corrected chi connectivity index (χ4v) is 8.28. The van der Waals surface area contributed by atoms with Crippen LogP contribution in [0.15, 0.2) is 101 Å². The van der Waals surface area contributed by atoms with E-state index in [1.807, 2.05) is 18.2 Å². The lowest BCUT2D eigenvalue weighted by Gasteiger charge is -2.27. The smallest absolute Gasteiger partial charge is 0.220 e. The quantitative estimate of drug-likeness (QED) is 0.0983. The Morgan fingerprint density at radius 1 is 0.763 bits per heavy atom. The molecule has 0 aliphatic heterocycles. The van der Waals surface area contributed by atoms with Crippen molar-refractivity contribution < 1.29 is 4.79 Å². The Kier molecular flexibility index (Phi) is 11.3. The van der Waals surface area contributed by atoms with Gasteiger partial charge in [-0.2, -0.15) is 10.2 Å². The molecule has 0 bridgehead atoms. The van der Waals surface area contributed by atoms with Crippen LogP contribution in [0.5, 0.6) is 0 Å². The van der Waals surface area contributed by atoms with Crippen molar-refractivity contribution in [3.8, 4) is 0 Å². The van der Waals surface area contributed by atoms with E-state index in [0.29, 0.717) is 18.7 Å². The van der Waals surface area contributed by atoms with E-state index in [1.54, 1.807) is 0 Å². The molecule has 11 heteroatoms. The number of nitrogens with one attached hydrogen (secondary N) is 3. The van der Waals surface area contributed by atoms with Crippen molar-refractivity contribution in [1.82, 2.24) is 16.2 Å². The maximum absolute atomic E-state index is 12.8. The third-order valence-electron chi connectivity index (χ3n) is 5.67. The van der Waals surface area contributed by atoms with Gasteiger partial charge in [-0.05, 0) is 60.8 Å². The number of nitrogens with zero attached hydrogens (tertiary/aromatic N) is 2. The number of benzene rings is 3. The molecule has 0 radical (unpaired) electrons. The lowest BCUT2D eigenvalue weighted by atomic mass is 10.2. The van der Waals surface area contributed by atoms with Gasteiger partial charge in [-0.1, -0.05) is 54.6 Å². The van der Waals surface area contributed by atoms with Gasteiger partial charge in [0, 0.05) is 12.8 Å². The number of thiocarbonyl (C=S) groups is 2. The zero-order valence-electron chi connectivity index (χ0n) is 20.8. The Morgan fingerprint density at radius 2 is 1.24 bits per heavy atom. The predicted molar refractivity (Wildman–Crippen MR) is 168 cm³/mol. The molecule has 196 valence electrons. The van der Waals surface area contributed by atoms with Crippen molar-refractivity contribution in [3.63, 3.8) is 0 Å². The molecule has 0 unspecified atom stereocenters. The maximum atomic E-state index is 12.8. The van der Waals surface area contributed by atoms with Crippen molar-refractivity contribution in [2.24, 2.45) is 21.7 Å². The summed E-state index contributed by atoms with van der Waals surface area (Å²) >= 11 is 9.54. The maximum Gasteiger partial charge on any atom is 0.220 e. The Bertz CT molecular complexity index is 1180. The van der Waals surface area contributed by atoms with Crippen LogP contribution in [0.2, 0.25) is 0 Å². The zero-order valence-corrected chi connectivity index (χ0v) is 23.3. The van der Waals surface area contributed by atoms with E-state index in [4.69, 9.17) is 35.9 Å². The molecule has 7 N–H and O–H groups in total. The third kappa shape index (κ3) is 8.41. The van der Waals surface area contributed by atoms with Gasteiger partial charge in [0.15, 0.2) is 10.2 Å². The van der Waals surface area contributed by atoms with Crippen LogP contribution in [0.25, 0.3) is 0 Å². The number of rotatable bonds is 12. The molecule has 0 saturated carbocycles. The van der Waals surface area contributed by atoms with Crippen LogP contribution < -0.4 is 43.5 Å². The van der Waals surface area contributed by atoms with Gasteiger partial charge in [-0.3, -0.25) is 15.6 Å². The molecule has 3 aromatic carbocycles. The SMILES string of the molecule is NC(=S)N/N=C(\C=N\NC(N)=S)CCC(=O)NCC[P+](c1ccccc1)(c1ccccc1)c1ccccc1. The molecule has 38 heavy (non-hydrogen) atoms. The lowest BCUT2D eigenvalue weighted by molar-refractivity contribution is -0.120. The van der Waals surface area contributed by atoms with Gasteiger partial charge in [-0.15, -0.1) is 0 Å². The topological polar surface area (TPSA) is 130 Å². The standard InChI is InChI=1S/C27H30N7OPS2/c28-26(37)33-31-20-21(32-34-27(29)38)16-17-25(35)30-18-19-36(22-10-4-1-5-11-22,23-12-6-2-7-13-23)24-14-8-3-9-15-24/h1-15,20H,16-19H2,(H6-,28,29,30,31,32,33,34,35,37,38)/p+1. The summed E-state index contributed by atoms with van der Waals surface area (Å²) < 4.78 is 0. The molecule has 1 amide bonds. The first kappa shape index (κ1) is 28.8. The second-order valence-corrected chi connectivity index (χ2v) is 12.7. The number of carbonyl (C=O) groups excluding carboxylic acids is 1.